The summed E-state index contributed by atoms with van der Waals surface area (Å²) in [6.45, 7) is 11.5. The maximum atomic E-state index is 12.8. The van der Waals surface area contributed by atoms with Crippen LogP contribution in [-0.2, 0) is 15.4 Å². The molecular weight excluding hydrogens is 346 g/mol. The number of nitrogens with zero attached hydrogens (tertiary/aromatic N) is 1. The molecule has 0 aliphatic heterocycles. The molecule has 138 valence electrons. The molecule has 2 bridgehead atoms. The molecule has 0 saturated heterocycles. The van der Waals surface area contributed by atoms with E-state index in [1.165, 1.54) is 6.42 Å². The molecule has 0 heterocycles. The predicted octanol–water partition coefficient (Wildman–Crippen LogP) is 4.82. The standard InChI is InChI=1S/C20H31NO2SSi/c1-19(2)17-11-12-20(19,18(13-17)23-25(3,4)5)15-24(22)21-14-16-9-7-6-8-10-16/h6-10,14,17-18H,11-13,15H2,1-5H3/b21-14+/t17-,18-,20-,24?/m1/s1. The number of hydrogen-bond acceptors (Lipinski definition) is 2. The summed E-state index contributed by atoms with van der Waals surface area (Å²) in [4.78, 5) is 0. The summed E-state index contributed by atoms with van der Waals surface area (Å²) in [6, 6.07) is 9.90. The summed E-state index contributed by atoms with van der Waals surface area (Å²) >= 11 is 0. The first-order valence-electron chi connectivity index (χ1n) is 9.29. The molecule has 1 aromatic carbocycles. The molecule has 0 radical (unpaired) electrons. The highest BCUT2D eigenvalue weighted by Crippen LogP contribution is 2.67. The maximum absolute atomic E-state index is 12.8. The zero-order valence-electron chi connectivity index (χ0n) is 16.1. The third kappa shape index (κ3) is 3.69. The number of benzene rings is 1. The van der Waals surface area contributed by atoms with Crippen LogP contribution in [0.15, 0.2) is 34.7 Å². The van der Waals surface area contributed by atoms with Gasteiger partial charge in [0.15, 0.2) is 8.32 Å². The normalized spacial score (nSPS) is 32.4. The van der Waals surface area contributed by atoms with Crippen LogP contribution >= 0.6 is 0 Å². The van der Waals surface area contributed by atoms with Gasteiger partial charge in [-0.15, -0.1) is 0 Å². The van der Waals surface area contributed by atoms with Gasteiger partial charge in [-0.05, 0) is 55.8 Å². The van der Waals surface area contributed by atoms with Crippen LogP contribution in [0.1, 0.15) is 38.7 Å². The molecular formula is C20H31NO2SSi. The minimum Gasteiger partial charge on any atom is -0.414 e. The van der Waals surface area contributed by atoms with Crippen molar-refractivity contribution in [2.45, 2.75) is 58.9 Å². The van der Waals surface area contributed by atoms with Crippen molar-refractivity contribution in [2.24, 2.45) is 21.1 Å². The molecule has 1 unspecified atom stereocenters. The van der Waals surface area contributed by atoms with Gasteiger partial charge in [0.25, 0.3) is 0 Å². The van der Waals surface area contributed by atoms with Crippen molar-refractivity contribution in [3.05, 3.63) is 35.9 Å². The highest BCUT2D eigenvalue weighted by Gasteiger charge is 2.65. The molecule has 1 aromatic rings. The molecule has 0 amide bonds. The molecule has 3 rings (SSSR count). The van der Waals surface area contributed by atoms with Crippen molar-refractivity contribution in [2.75, 3.05) is 5.75 Å². The maximum Gasteiger partial charge on any atom is 0.184 e. The van der Waals surface area contributed by atoms with E-state index in [0.29, 0.717) is 11.7 Å². The highest BCUT2D eigenvalue weighted by atomic mass is 32.2. The van der Waals surface area contributed by atoms with Crippen LogP contribution in [0.2, 0.25) is 19.6 Å². The van der Waals surface area contributed by atoms with E-state index in [1.807, 2.05) is 30.3 Å². The van der Waals surface area contributed by atoms with Crippen LogP contribution in [0.5, 0.6) is 0 Å². The fraction of sp³-hybridized carbons (Fsp3) is 0.650. The van der Waals surface area contributed by atoms with Crippen molar-refractivity contribution in [3.63, 3.8) is 0 Å². The summed E-state index contributed by atoms with van der Waals surface area (Å²) in [5.41, 5.74) is 1.17. The smallest absolute Gasteiger partial charge is 0.184 e. The van der Waals surface area contributed by atoms with Crippen LogP contribution in [0.3, 0.4) is 0 Å². The van der Waals surface area contributed by atoms with Crippen molar-refractivity contribution in [3.8, 4) is 0 Å². The first-order chi connectivity index (χ1) is 11.6. The number of rotatable bonds is 6. The first-order valence-corrected chi connectivity index (χ1v) is 14.0. The Morgan fingerprint density at radius 2 is 1.96 bits per heavy atom. The Hall–Kier alpha value is -0.783. The number of fused-ring (bicyclic) bond motifs is 2. The lowest BCUT2D eigenvalue weighted by Gasteiger charge is -2.43. The van der Waals surface area contributed by atoms with E-state index in [1.54, 1.807) is 6.21 Å². The van der Waals surface area contributed by atoms with E-state index in [9.17, 15) is 4.21 Å². The average molecular weight is 378 g/mol. The molecule has 5 heteroatoms. The monoisotopic (exact) mass is 377 g/mol. The topological polar surface area (TPSA) is 38.7 Å². The van der Waals surface area contributed by atoms with Gasteiger partial charge < -0.3 is 4.43 Å². The first kappa shape index (κ1) is 19.0. The lowest BCUT2D eigenvalue weighted by Crippen LogP contribution is -2.47. The van der Waals surface area contributed by atoms with Crippen molar-refractivity contribution < 1.29 is 8.63 Å². The molecule has 4 atom stereocenters. The Bertz CT molecular complexity index is 668. The zero-order chi connectivity index (χ0) is 18.3. The van der Waals surface area contributed by atoms with Gasteiger partial charge in [-0.2, -0.15) is 4.40 Å². The average Bonchev–Trinajstić information content (AvgIpc) is 2.87. The molecule has 0 spiro atoms. The molecule has 0 N–H and O–H groups in total. The van der Waals surface area contributed by atoms with Crippen LogP contribution in [0, 0.1) is 16.7 Å². The van der Waals surface area contributed by atoms with Crippen molar-refractivity contribution in [1.29, 1.82) is 0 Å². The third-order valence-corrected chi connectivity index (χ3v) is 8.45. The Morgan fingerprint density at radius 3 is 2.56 bits per heavy atom. The second-order valence-electron chi connectivity index (χ2n) is 9.18. The van der Waals surface area contributed by atoms with Crippen LogP contribution in [-0.4, -0.2) is 30.6 Å². The van der Waals surface area contributed by atoms with E-state index < -0.39 is 19.3 Å². The Morgan fingerprint density at radius 1 is 1.28 bits per heavy atom. The molecule has 2 aliphatic carbocycles. The van der Waals surface area contributed by atoms with Gasteiger partial charge >= 0.3 is 0 Å². The Balaban J connectivity index is 1.79. The van der Waals surface area contributed by atoms with Crippen molar-refractivity contribution >= 4 is 25.5 Å². The predicted molar refractivity (Wildman–Crippen MR) is 109 cm³/mol. The van der Waals surface area contributed by atoms with Gasteiger partial charge in [0.05, 0.1) is 11.9 Å². The molecule has 25 heavy (non-hydrogen) atoms. The van der Waals surface area contributed by atoms with Gasteiger partial charge in [0.2, 0.25) is 0 Å². The van der Waals surface area contributed by atoms with Gasteiger partial charge in [0.1, 0.15) is 11.0 Å². The van der Waals surface area contributed by atoms with Crippen LogP contribution in [0.25, 0.3) is 0 Å². The summed E-state index contributed by atoms with van der Waals surface area (Å²) in [5, 5.41) is 0. The molecule has 0 aromatic heterocycles. The minimum atomic E-state index is -1.63. The summed E-state index contributed by atoms with van der Waals surface area (Å²) in [5.74, 6) is 1.30. The largest absolute Gasteiger partial charge is 0.414 e. The van der Waals surface area contributed by atoms with Crippen molar-refractivity contribution in [1.82, 2.24) is 0 Å². The highest BCUT2D eigenvalue weighted by molar-refractivity contribution is 7.83. The SMILES string of the molecule is CC1(C)[C@@H]2CC[C@@]1(CS(=O)/N=C/c1ccccc1)[C@H](O[Si](C)(C)C)C2. The second kappa shape index (κ2) is 6.75. The number of hydrogen-bond donors (Lipinski definition) is 0. The van der Waals surface area contributed by atoms with Gasteiger partial charge in [-0.1, -0.05) is 44.2 Å². The van der Waals surface area contributed by atoms with E-state index >= 15 is 0 Å². The minimum absolute atomic E-state index is 0.00314. The fourth-order valence-corrected chi connectivity index (χ4v) is 7.48. The molecule has 2 saturated carbocycles. The summed E-state index contributed by atoms with van der Waals surface area (Å²) in [7, 11) is -2.84. The summed E-state index contributed by atoms with van der Waals surface area (Å²) in [6.07, 6.45) is 5.46. The zero-order valence-corrected chi connectivity index (χ0v) is 17.9. The third-order valence-electron chi connectivity index (χ3n) is 6.35. The molecule has 2 aliphatic rings. The Kier molecular flexibility index (Phi) is 5.12. The molecule has 2 fully saturated rings. The van der Waals surface area contributed by atoms with Crippen LogP contribution in [0.4, 0.5) is 0 Å². The Labute approximate surface area is 156 Å². The lowest BCUT2D eigenvalue weighted by atomic mass is 9.70. The van der Waals surface area contributed by atoms with E-state index in [2.05, 4.69) is 37.9 Å². The van der Waals surface area contributed by atoms with E-state index in [0.717, 1.165) is 18.4 Å². The quantitative estimate of drug-likeness (QED) is 0.527. The van der Waals surface area contributed by atoms with E-state index in [-0.39, 0.29) is 16.9 Å². The van der Waals surface area contributed by atoms with E-state index in [4.69, 9.17) is 4.43 Å². The lowest BCUT2D eigenvalue weighted by molar-refractivity contribution is 0.0287. The van der Waals surface area contributed by atoms with Gasteiger partial charge in [-0.3, -0.25) is 0 Å². The second-order valence-corrected chi connectivity index (χ2v) is 14.8. The van der Waals surface area contributed by atoms with Gasteiger partial charge in [-0.25, -0.2) is 4.21 Å². The summed E-state index contributed by atoms with van der Waals surface area (Å²) < 4.78 is 23.8. The van der Waals surface area contributed by atoms with Gasteiger partial charge in [0, 0.05) is 11.6 Å². The van der Waals surface area contributed by atoms with Crippen LogP contribution < -0.4 is 0 Å². The molecule has 3 nitrogen and oxygen atoms in total. The fourth-order valence-electron chi connectivity index (χ4n) is 4.85.